The van der Waals surface area contributed by atoms with Crippen molar-refractivity contribution in [3.63, 3.8) is 0 Å². The number of carbonyl (C=O) groups is 1. The molecule has 1 aliphatic carbocycles. The normalized spacial score (nSPS) is 12.8. The SMILES string of the molecule is COc1ccc(Nc2nc(NOCc3cccc(C(=O)NC4CC4)c3)ncc2F)cc1Cl. The number of halogens is 2. The van der Waals surface area contributed by atoms with Crippen LogP contribution in [0.2, 0.25) is 5.02 Å². The van der Waals surface area contributed by atoms with Gasteiger partial charge in [0.25, 0.3) is 5.91 Å². The van der Waals surface area contributed by atoms with E-state index in [-0.39, 0.29) is 30.3 Å². The summed E-state index contributed by atoms with van der Waals surface area (Å²) in [5, 5.41) is 6.17. The van der Waals surface area contributed by atoms with E-state index in [9.17, 15) is 9.18 Å². The second kappa shape index (κ2) is 9.80. The Hall–Kier alpha value is -3.43. The molecule has 4 rings (SSSR count). The zero-order valence-electron chi connectivity index (χ0n) is 17.2. The Balaban J connectivity index is 1.36. The smallest absolute Gasteiger partial charge is 0.251 e. The molecule has 1 fully saturated rings. The van der Waals surface area contributed by atoms with E-state index in [1.807, 2.05) is 6.07 Å². The summed E-state index contributed by atoms with van der Waals surface area (Å²) >= 11 is 6.10. The van der Waals surface area contributed by atoms with Crippen molar-refractivity contribution >= 4 is 35.0 Å². The number of hydrogen-bond donors (Lipinski definition) is 3. The summed E-state index contributed by atoms with van der Waals surface area (Å²) in [5.74, 6) is -0.220. The number of rotatable bonds is 9. The van der Waals surface area contributed by atoms with E-state index < -0.39 is 5.82 Å². The molecule has 10 heteroatoms. The van der Waals surface area contributed by atoms with Crippen LogP contribution >= 0.6 is 11.6 Å². The number of ether oxygens (including phenoxy) is 1. The largest absolute Gasteiger partial charge is 0.495 e. The predicted molar refractivity (Wildman–Crippen MR) is 119 cm³/mol. The van der Waals surface area contributed by atoms with Crippen molar-refractivity contribution in [3.8, 4) is 5.75 Å². The van der Waals surface area contributed by atoms with E-state index >= 15 is 0 Å². The second-order valence-corrected chi connectivity index (χ2v) is 7.61. The fourth-order valence-electron chi connectivity index (χ4n) is 2.87. The zero-order chi connectivity index (χ0) is 22.5. The van der Waals surface area contributed by atoms with Gasteiger partial charge in [-0.3, -0.25) is 9.63 Å². The van der Waals surface area contributed by atoms with Gasteiger partial charge in [0.1, 0.15) is 5.75 Å². The van der Waals surface area contributed by atoms with E-state index in [1.54, 1.807) is 36.4 Å². The Morgan fingerprint density at radius 2 is 2.09 bits per heavy atom. The molecule has 32 heavy (non-hydrogen) atoms. The molecule has 0 spiro atoms. The molecule has 0 bridgehead atoms. The molecule has 0 unspecified atom stereocenters. The Labute approximate surface area is 189 Å². The van der Waals surface area contributed by atoms with Gasteiger partial charge in [0, 0.05) is 17.3 Å². The molecule has 1 aromatic heterocycles. The van der Waals surface area contributed by atoms with Crippen LogP contribution in [0.15, 0.2) is 48.7 Å². The third kappa shape index (κ3) is 5.63. The van der Waals surface area contributed by atoms with Crippen molar-refractivity contribution in [2.45, 2.75) is 25.5 Å². The Kier molecular flexibility index (Phi) is 6.67. The number of anilines is 3. The van der Waals surface area contributed by atoms with Crippen molar-refractivity contribution in [2.24, 2.45) is 0 Å². The number of nitrogens with zero attached hydrogens (tertiary/aromatic N) is 2. The van der Waals surface area contributed by atoms with Gasteiger partial charge in [0.15, 0.2) is 11.6 Å². The van der Waals surface area contributed by atoms with Crippen molar-refractivity contribution in [2.75, 3.05) is 17.9 Å². The molecule has 1 amide bonds. The predicted octanol–water partition coefficient (Wildman–Crippen LogP) is 4.46. The standard InChI is InChI=1S/C22H21ClFN5O3/c1-31-19-8-7-16(10-17(19)23)26-20-18(24)11-25-22(28-20)29-32-12-13-3-2-4-14(9-13)21(30)27-15-5-6-15/h2-4,7-11,15H,5-6,12H2,1H3,(H,27,30)(H2,25,26,28,29). The average Bonchev–Trinajstić information content (AvgIpc) is 3.60. The fraction of sp³-hybridized carbons (Fsp3) is 0.227. The first-order valence-electron chi connectivity index (χ1n) is 9.92. The number of methoxy groups -OCH3 is 1. The lowest BCUT2D eigenvalue weighted by molar-refractivity contribution is 0.0950. The van der Waals surface area contributed by atoms with Gasteiger partial charge in [-0.1, -0.05) is 23.7 Å². The van der Waals surface area contributed by atoms with E-state index in [0.29, 0.717) is 22.0 Å². The number of aromatic nitrogens is 2. The van der Waals surface area contributed by atoms with E-state index in [1.165, 1.54) is 7.11 Å². The number of benzene rings is 2. The molecule has 1 saturated carbocycles. The van der Waals surface area contributed by atoms with Crippen LogP contribution in [-0.2, 0) is 11.4 Å². The van der Waals surface area contributed by atoms with Crippen LogP contribution < -0.4 is 20.9 Å². The highest BCUT2D eigenvalue weighted by Crippen LogP contribution is 2.29. The molecular weight excluding hydrogens is 437 g/mol. The first-order valence-corrected chi connectivity index (χ1v) is 10.3. The van der Waals surface area contributed by atoms with E-state index in [2.05, 4.69) is 26.1 Å². The molecule has 0 saturated heterocycles. The molecular formula is C22H21ClFN5O3. The van der Waals surface area contributed by atoms with Gasteiger partial charge in [0.05, 0.1) is 24.9 Å². The van der Waals surface area contributed by atoms with Crippen LogP contribution in [0, 0.1) is 5.82 Å². The van der Waals surface area contributed by atoms with Crippen molar-refractivity contribution in [1.82, 2.24) is 15.3 Å². The minimum atomic E-state index is -0.642. The molecule has 0 atom stereocenters. The summed E-state index contributed by atoms with van der Waals surface area (Å²) in [7, 11) is 1.51. The van der Waals surface area contributed by atoms with Crippen molar-refractivity contribution in [1.29, 1.82) is 0 Å². The van der Waals surface area contributed by atoms with E-state index in [0.717, 1.165) is 24.6 Å². The Bertz CT molecular complexity index is 1130. The summed E-state index contributed by atoms with van der Waals surface area (Å²) < 4.78 is 19.3. The van der Waals surface area contributed by atoms with Crippen LogP contribution in [-0.4, -0.2) is 29.0 Å². The third-order valence-electron chi connectivity index (χ3n) is 4.66. The first kappa shape index (κ1) is 21.8. The molecule has 0 radical (unpaired) electrons. The lowest BCUT2D eigenvalue weighted by Gasteiger charge is -2.11. The van der Waals surface area contributed by atoms with Crippen molar-refractivity contribution in [3.05, 3.63) is 70.6 Å². The molecule has 3 N–H and O–H groups in total. The van der Waals surface area contributed by atoms with Gasteiger partial charge in [-0.15, -0.1) is 0 Å². The van der Waals surface area contributed by atoms with Gasteiger partial charge in [-0.2, -0.15) is 4.98 Å². The fourth-order valence-corrected chi connectivity index (χ4v) is 3.13. The molecule has 1 aliphatic rings. The minimum Gasteiger partial charge on any atom is -0.495 e. The number of amides is 1. The highest BCUT2D eigenvalue weighted by Gasteiger charge is 2.23. The molecule has 0 aliphatic heterocycles. The maximum atomic E-state index is 14.2. The maximum absolute atomic E-state index is 14.2. The Morgan fingerprint density at radius 1 is 1.25 bits per heavy atom. The summed E-state index contributed by atoms with van der Waals surface area (Å²) in [5.41, 5.74) is 4.48. The van der Waals surface area contributed by atoms with Gasteiger partial charge >= 0.3 is 0 Å². The highest BCUT2D eigenvalue weighted by atomic mass is 35.5. The third-order valence-corrected chi connectivity index (χ3v) is 4.96. The van der Waals surface area contributed by atoms with Crippen LogP contribution in [0.3, 0.4) is 0 Å². The topological polar surface area (TPSA) is 97.4 Å². The lowest BCUT2D eigenvalue weighted by atomic mass is 10.1. The monoisotopic (exact) mass is 457 g/mol. The van der Waals surface area contributed by atoms with Crippen LogP contribution in [0.4, 0.5) is 21.8 Å². The lowest BCUT2D eigenvalue weighted by Crippen LogP contribution is -2.25. The number of hydrogen-bond acceptors (Lipinski definition) is 7. The second-order valence-electron chi connectivity index (χ2n) is 7.20. The number of nitrogens with one attached hydrogen (secondary N) is 3. The minimum absolute atomic E-state index is 0.0499. The molecule has 166 valence electrons. The summed E-state index contributed by atoms with van der Waals surface area (Å²) in [6, 6.07) is 12.4. The molecule has 3 aromatic rings. The number of carbonyl (C=O) groups excluding carboxylic acids is 1. The summed E-state index contributed by atoms with van der Waals surface area (Å²) in [4.78, 5) is 25.6. The molecule has 8 nitrogen and oxygen atoms in total. The van der Waals surface area contributed by atoms with Gasteiger partial charge in [-0.05, 0) is 48.7 Å². The quantitative estimate of drug-likeness (QED) is 0.408. The Morgan fingerprint density at radius 3 is 2.84 bits per heavy atom. The van der Waals surface area contributed by atoms with Crippen LogP contribution in [0.1, 0.15) is 28.8 Å². The van der Waals surface area contributed by atoms with Crippen LogP contribution in [0.5, 0.6) is 5.75 Å². The summed E-state index contributed by atoms with van der Waals surface area (Å²) in [6.07, 6.45) is 3.08. The van der Waals surface area contributed by atoms with Crippen LogP contribution in [0.25, 0.3) is 0 Å². The van der Waals surface area contributed by atoms with Gasteiger partial charge in [0.2, 0.25) is 5.95 Å². The molecule has 1 heterocycles. The average molecular weight is 458 g/mol. The van der Waals surface area contributed by atoms with Gasteiger partial charge < -0.3 is 15.4 Å². The molecule has 2 aromatic carbocycles. The summed E-state index contributed by atoms with van der Waals surface area (Å²) in [6.45, 7) is 0.155. The first-order chi connectivity index (χ1) is 15.5. The van der Waals surface area contributed by atoms with E-state index in [4.69, 9.17) is 21.2 Å². The van der Waals surface area contributed by atoms with Gasteiger partial charge in [-0.25, -0.2) is 14.9 Å². The van der Waals surface area contributed by atoms with Crippen molar-refractivity contribution < 1.29 is 18.8 Å². The maximum Gasteiger partial charge on any atom is 0.251 e. The highest BCUT2D eigenvalue weighted by molar-refractivity contribution is 6.32. The zero-order valence-corrected chi connectivity index (χ0v) is 17.9.